The standard InChI is InChI=1S/C10H10IN.ClH/c1-10(2,7-12)8-3-5-9(11)6-4-8;/h3-6H,1-2H3;1H. The fourth-order valence-corrected chi connectivity index (χ4v) is 1.29. The minimum absolute atomic E-state index is 0. The van der Waals surface area contributed by atoms with Crippen LogP contribution in [-0.4, -0.2) is 0 Å². The molecule has 0 bridgehead atoms. The van der Waals surface area contributed by atoms with Crippen LogP contribution in [0.1, 0.15) is 19.4 Å². The molecule has 0 saturated heterocycles. The molecule has 70 valence electrons. The predicted octanol–water partition coefficient (Wildman–Crippen LogP) is 3.51. The number of benzene rings is 1. The molecule has 0 N–H and O–H groups in total. The average Bonchev–Trinajstić information content (AvgIpc) is 2.05. The van der Waals surface area contributed by atoms with Crippen LogP contribution >= 0.6 is 35.0 Å². The number of halogens is 2. The Morgan fingerprint density at radius 1 is 1.23 bits per heavy atom. The minimum atomic E-state index is -0.371. The van der Waals surface area contributed by atoms with Crippen LogP contribution in [0.2, 0.25) is 0 Å². The molecule has 3 heteroatoms. The summed E-state index contributed by atoms with van der Waals surface area (Å²) in [7, 11) is 0. The maximum atomic E-state index is 8.86. The van der Waals surface area contributed by atoms with E-state index < -0.39 is 0 Å². The van der Waals surface area contributed by atoms with Gasteiger partial charge in [0.2, 0.25) is 0 Å². The van der Waals surface area contributed by atoms with Crippen molar-refractivity contribution in [3.63, 3.8) is 0 Å². The van der Waals surface area contributed by atoms with Crippen molar-refractivity contribution in [3.05, 3.63) is 33.4 Å². The van der Waals surface area contributed by atoms with Crippen molar-refractivity contribution in [1.82, 2.24) is 0 Å². The molecular formula is C10H11ClIN. The molecular weight excluding hydrogens is 296 g/mol. The number of rotatable bonds is 1. The van der Waals surface area contributed by atoms with Gasteiger partial charge >= 0.3 is 0 Å². The van der Waals surface area contributed by atoms with Gasteiger partial charge in [-0.2, -0.15) is 5.26 Å². The van der Waals surface area contributed by atoms with Gasteiger partial charge in [0.15, 0.2) is 0 Å². The molecule has 0 radical (unpaired) electrons. The Bertz CT molecular complexity index is 311. The Labute approximate surface area is 98.7 Å². The van der Waals surface area contributed by atoms with E-state index in [0.29, 0.717) is 0 Å². The third-order valence-corrected chi connectivity index (χ3v) is 2.56. The van der Waals surface area contributed by atoms with Gasteiger partial charge in [-0.25, -0.2) is 0 Å². The molecule has 1 aromatic carbocycles. The molecule has 0 aliphatic carbocycles. The Balaban J connectivity index is 0.00000144. The van der Waals surface area contributed by atoms with Gasteiger partial charge in [0.05, 0.1) is 11.5 Å². The van der Waals surface area contributed by atoms with Crippen molar-refractivity contribution in [2.45, 2.75) is 19.3 Å². The third-order valence-electron chi connectivity index (χ3n) is 1.85. The van der Waals surface area contributed by atoms with Gasteiger partial charge in [-0.05, 0) is 54.1 Å². The summed E-state index contributed by atoms with van der Waals surface area (Å²) in [6, 6.07) is 10.3. The van der Waals surface area contributed by atoms with Crippen molar-refractivity contribution in [2.24, 2.45) is 0 Å². The molecule has 13 heavy (non-hydrogen) atoms. The van der Waals surface area contributed by atoms with Crippen molar-refractivity contribution in [3.8, 4) is 6.07 Å². The Kier molecular flexibility index (Phi) is 4.72. The largest absolute Gasteiger partial charge is 0.197 e. The third kappa shape index (κ3) is 3.17. The molecule has 1 rings (SSSR count). The molecule has 1 aromatic rings. The Morgan fingerprint density at radius 2 is 1.69 bits per heavy atom. The summed E-state index contributed by atoms with van der Waals surface area (Å²) < 4.78 is 1.20. The summed E-state index contributed by atoms with van der Waals surface area (Å²) in [5, 5.41) is 8.86. The van der Waals surface area contributed by atoms with Gasteiger partial charge in [0, 0.05) is 3.57 Å². The molecule has 0 aliphatic rings. The Hall–Kier alpha value is -0.270. The van der Waals surface area contributed by atoms with E-state index in [0.717, 1.165) is 5.56 Å². The first-order valence-electron chi connectivity index (χ1n) is 3.73. The van der Waals surface area contributed by atoms with Crippen LogP contribution in [0.4, 0.5) is 0 Å². The first kappa shape index (κ1) is 12.7. The molecule has 0 unspecified atom stereocenters. The van der Waals surface area contributed by atoms with E-state index in [1.807, 2.05) is 38.1 Å². The van der Waals surface area contributed by atoms with E-state index >= 15 is 0 Å². The summed E-state index contributed by atoms with van der Waals surface area (Å²) in [5.41, 5.74) is 0.704. The first-order chi connectivity index (χ1) is 5.56. The fraction of sp³-hybridized carbons (Fsp3) is 0.300. The second-order valence-corrected chi connectivity index (χ2v) is 4.49. The molecule has 0 amide bonds. The number of hydrogen-bond donors (Lipinski definition) is 0. The van der Waals surface area contributed by atoms with E-state index in [1.165, 1.54) is 3.57 Å². The van der Waals surface area contributed by atoms with Crippen LogP contribution in [0.25, 0.3) is 0 Å². The lowest BCUT2D eigenvalue weighted by Gasteiger charge is -2.15. The second kappa shape index (κ2) is 4.83. The summed E-state index contributed by atoms with van der Waals surface area (Å²) in [4.78, 5) is 0. The van der Waals surface area contributed by atoms with Crippen LogP contribution in [0.5, 0.6) is 0 Å². The van der Waals surface area contributed by atoms with Crippen molar-refractivity contribution >= 4 is 35.0 Å². The lowest BCUT2D eigenvalue weighted by atomic mass is 9.87. The monoisotopic (exact) mass is 307 g/mol. The minimum Gasteiger partial charge on any atom is -0.197 e. The fourth-order valence-electron chi connectivity index (χ4n) is 0.931. The second-order valence-electron chi connectivity index (χ2n) is 3.24. The molecule has 0 spiro atoms. The van der Waals surface area contributed by atoms with Crippen molar-refractivity contribution < 1.29 is 0 Å². The van der Waals surface area contributed by atoms with E-state index in [9.17, 15) is 0 Å². The van der Waals surface area contributed by atoms with Crippen LogP contribution in [0, 0.1) is 14.9 Å². The zero-order valence-corrected chi connectivity index (χ0v) is 10.5. The molecule has 0 aromatic heterocycles. The van der Waals surface area contributed by atoms with E-state index in [2.05, 4.69) is 28.7 Å². The van der Waals surface area contributed by atoms with E-state index in [-0.39, 0.29) is 17.8 Å². The van der Waals surface area contributed by atoms with Crippen LogP contribution < -0.4 is 0 Å². The molecule has 0 fully saturated rings. The van der Waals surface area contributed by atoms with Gasteiger partial charge < -0.3 is 0 Å². The lowest BCUT2D eigenvalue weighted by Crippen LogP contribution is -2.13. The number of nitriles is 1. The van der Waals surface area contributed by atoms with E-state index in [4.69, 9.17) is 5.26 Å². The number of hydrogen-bond acceptors (Lipinski definition) is 1. The summed E-state index contributed by atoms with van der Waals surface area (Å²) in [6.45, 7) is 3.85. The van der Waals surface area contributed by atoms with Crippen LogP contribution in [-0.2, 0) is 5.41 Å². The van der Waals surface area contributed by atoms with Gasteiger partial charge in [-0.15, -0.1) is 12.4 Å². The topological polar surface area (TPSA) is 23.8 Å². The van der Waals surface area contributed by atoms with Gasteiger partial charge in [0.1, 0.15) is 0 Å². The molecule has 1 nitrogen and oxygen atoms in total. The SMILES string of the molecule is CC(C)(C#N)c1ccc(I)cc1.Cl. The van der Waals surface area contributed by atoms with Gasteiger partial charge in [0.25, 0.3) is 0 Å². The Morgan fingerprint density at radius 3 is 2.08 bits per heavy atom. The smallest absolute Gasteiger partial charge is 0.0766 e. The normalized spacial score (nSPS) is 10.0. The maximum Gasteiger partial charge on any atom is 0.0766 e. The van der Waals surface area contributed by atoms with Crippen LogP contribution in [0.3, 0.4) is 0 Å². The first-order valence-corrected chi connectivity index (χ1v) is 4.81. The summed E-state index contributed by atoms with van der Waals surface area (Å²) >= 11 is 2.25. The highest BCUT2D eigenvalue weighted by molar-refractivity contribution is 14.1. The highest BCUT2D eigenvalue weighted by Crippen LogP contribution is 2.22. The number of nitrogens with zero attached hydrogens (tertiary/aromatic N) is 1. The zero-order chi connectivity index (χ0) is 9.19. The summed E-state index contributed by atoms with van der Waals surface area (Å²) in [5.74, 6) is 0. The average molecular weight is 308 g/mol. The highest BCUT2D eigenvalue weighted by atomic mass is 127. The van der Waals surface area contributed by atoms with Crippen LogP contribution in [0.15, 0.2) is 24.3 Å². The predicted molar refractivity (Wildman–Crippen MR) is 65.0 cm³/mol. The lowest BCUT2D eigenvalue weighted by molar-refractivity contribution is 0.687. The highest BCUT2D eigenvalue weighted by Gasteiger charge is 2.18. The molecule has 0 aliphatic heterocycles. The quantitative estimate of drug-likeness (QED) is 0.728. The molecule has 0 heterocycles. The van der Waals surface area contributed by atoms with Crippen molar-refractivity contribution in [1.29, 1.82) is 5.26 Å². The van der Waals surface area contributed by atoms with Gasteiger partial charge in [-0.1, -0.05) is 12.1 Å². The molecule has 0 atom stereocenters. The molecule has 0 saturated carbocycles. The zero-order valence-electron chi connectivity index (χ0n) is 7.54. The van der Waals surface area contributed by atoms with E-state index in [1.54, 1.807) is 0 Å². The summed E-state index contributed by atoms with van der Waals surface area (Å²) in [6.07, 6.45) is 0. The van der Waals surface area contributed by atoms with Crippen molar-refractivity contribution in [2.75, 3.05) is 0 Å². The maximum absolute atomic E-state index is 8.86. The van der Waals surface area contributed by atoms with Gasteiger partial charge in [-0.3, -0.25) is 0 Å².